The quantitative estimate of drug-likeness (QED) is 0.653. The van der Waals surface area contributed by atoms with Gasteiger partial charge in [-0.3, -0.25) is 9.59 Å². The van der Waals surface area contributed by atoms with Crippen LogP contribution in [-0.4, -0.2) is 51.0 Å². The highest BCUT2D eigenvalue weighted by Gasteiger charge is 2.38. The fraction of sp³-hybridized carbons (Fsp3) is 0.462. The average molecular weight is 454 g/mol. The van der Waals surface area contributed by atoms with Crippen molar-refractivity contribution >= 4 is 17.3 Å². The largest absolute Gasteiger partial charge is 0.496 e. The summed E-state index contributed by atoms with van der Waals surface area (Å²) in [6, 6.07) is 3.65. The number of fused-ring (bicyclic) bond motifs is 1. The molecule has 0 radical (unpaired) electrons. The average Bonchev–Trinajstić information content (AvgIpc) is 3.12. The molecule has 0 spiro atoms. The zero-order valence-electron chi connectivity index (χ0n) is 20.2. The maximum absolute atomic E-state index is 13.3. The summed E-state index contributed by atoms with van der Waals surface area (Å²) in [6.45, 7) is 6.85. The van der Waals surface area contributed by atoms with Crippen molar-refractivity contribution in [1.29, 1.82) is 0 Å². The van der Waals surface area contributed by atoms with Gasteiger partial charge in [0.25, 0.3) is 5.91 Å². The first-order valence-corrected chi connectivity index (χ1v) is 11.1. The topological polar surface area (TPSA) is 78.2 Å². The number of benzene rings is 1. The second kappa shape index (κ2) is 8.61. The lowest BCUT2D eigenvalue weighted by Gasteiger charge is -2.27. The van der Waals surface area contributed by atoms with E-state index in [4.69, 9.17) is 18.6 Å². The molecular weight excluding hydrogens is 422 g/mol. The van der Waals surface area contributed by atoms with Gasteiger partial charge in [-0.15, -0.1) is 0 Å². The number of Topliss-reactive ketones (excluding diaryl/α,β-unsaturated/α-hetero) is 1. The van der Waals surface area contributed by atoms with Crippen molar-refractivity contribution in [3.8, 4) is 17.2 Å². The van der Waals surface area contributed by atoms with Crippen molar-refractivity contribution in [2.45, 2.75) is 40.0 Å². The molecule has 0 unspecified atom stereocenters. The Labute approximate surface area is 194 Å². The van der Waals surface area contributed by atoms with Gasteiger partial charge < -0.3 is 23.5 Å². The van der Waals surface area contributed by atoms with E-state index in [2.05, 4.69) is 0 Å². The Morgan fingerprint density at radius 3 is 2.24 bits per heavy atom. The second-order valence-corrected chi connectivity index (χ2v) is 9.43. The first-order chi connectivity index (χ1) is 15.7. The normalized spacial score (nSPS) is 17.3. The first kappa shape index (κ1) is 23.0. The maximum Gasteiger partial charge on any atom is 0.290 e. The SMILES string of the molecule is COc1cc(OC)c(C2=CCN(C(=O)c3oc4c(c3C)C(=O)CC(C)(C)C4)CC2)c(OC)c1. The minimum Gasteiger partial charge on any atom is -0.496 e. The number of amides is 1. The predicted octanol–water partition coefficient (Wildman–Crippen LogP) is 4.70. The van der Waals surface area contributed by atoms with Crippen molar-refractivity contribution in [2.24, 2.45) is 5.41 Å². The van der Waals surface area contributed by atoms with Crippen LogP contribution in [0.3, 0.4) is 0 Å². The van der Waals surface area contributed by atoms with Crippen molar-refractivity contribution in [1.82, 2.24) is 4.90 Å². The molecule has 0 N–H and O–H groups in total. The van der Waals surface area contributed by atoms with E-state index in [1.165, 1.54) is 0 Å². The molecule has 0 atom stereocenters. The van der Waals surface area contributed by atoms with E-state index in [1.807, 2.05) is 39.0 Å². The molecular formula is C26H31NO6. The van der Waals surface area contributed by atoms with E-state index in [0.717, 1.165) is 11.1 Å². The summed E-state index contributed by atoms with van der Waals surface area (Å²) in [7, 11) is 4.82. The molecule has 4 rings (SSSR count). The Bertz CT molecular complexity index is 1110. The third kappa shape index (κ3) is 4.12. The number of carbonyl (C=O) groups excluding carboxylic acids is 2. The number of rotatable bonds is 5. The molecule has 7 nitrogen and oxygen atoms in total. The number of nitrogens with zero attached hydrogens (tertiary/aromatic N) is 1. The predicted molar refractivity (Wildman–Crippen MR) is 124 cm³/mol. The van der Waals surface area contributed by atoms with Gasteiger partial charge >= 0.3 is 0 Å². The molecule has 176 valence electrons. The van der Waals surface area contributed by atoms with Gasteiger partial charge in [-0.25, -0.2) is 0 Å². The fourth-order valence-electron chi connectivity index (χ4n) is 4.83. The highest BCUT2D eigenvalue weighted by atomic mass is 16.5. The van der Waals surface area contributed by atoms with Crippen LogP contribution >= 0.6 is 0 Å². The molecule has 2 aromatic rings. The Morgan fingerprint density at radius 2 is 1.70 bits per heavy atom. The molecule has 1 aliphatic heterocycles. The van der Waals surface area contributed by atoms with Gasteiger partial charge in [0.15, 0.2) is 11.5 Å². The molecule has 0 saturated carbocycles. The molecule has 0 saturated heterocycles. The van der Waals surface area contributed by atoms with Crippen LogP contribution in [-0.2, 0) is 6.42 Å². The van der Waals surface area contributed by atoms with Crippen LogP contribution < -0.4 is 14.2 Å². The molecule has 1 amide bonds. The fourth-order valence-corrected chi connectivity index (χ4v) is 4.83. The zero-order valence-corrected chi connectivity index (χ0v) is 20.2. The van der Waals surface area contributed by atoms with Gasteiger partial charge in [-0.2, -0.15) is 0 Å². The Balaban J connectivity index is 1.60. The van der Waals surface area contributed by atoms with E-state index in [1.54, 1.807) is 26.2 Å². The summed E-state index contributed by atoms with van der Waals surface area (Å²) >= 11 is 0. The van der Waals surface area contributed by atoms with Gasteiger partial charge in [-0.05, 0) is 24.3 Å². The Morgan fingerprint density at radius 1 is 1.03 bits per heavy atom. The first-order valence-electron chi connectivity index (χ1n) is 11.1. The number of methoxy groups -OCH3 is 3. The van der Waals surface area contributed by atoms with E-state index >= 15 is 0 Å². The molecule has 2 heterocycles. The van der Waals surface area contributed by atoms with Crippen LogP contribution in [0.1, 0.15) is 64.5 Å². The lowest BCUT2D eigenvalue weighted by Crippen LogP contribution is -2.34. The molecule has 0 bridgehead atoms. The summed E-state index contributed by atoms with van der Waals surface area (Å²) in [6.07, 6.45) is 3.77. The molecule has 33 heavy (non-hydrogen) atoms. The lowest BCUT2D eigenvalue weighted by molar-refractivity contribution is 0.0734. The van der Waals surface area contributed by atoms with Gasteiger partial charge in [-0.1, -0.05) is 19.9 Å². The van der Waals surface area contributed by atoms with Crippen LogP contribution in [0.4, 0.5) is 0 Å². The second-order valence-electron chi connectivity index (χ2n) is 9.43. The van der Waals surface area contributed by atoms with Crippen LogP contribution in [0.2, 0.25) is 0 Å². The van der Waals surface area contributed by atoms with Gasteiger partial charge in [0.2, 0.25) is 0 Å². The maximum atomic E-state index is 13.3. The highest BCUT2D eigenvalue weighted by molar-refractivity contribution is 6.04. The zero-order chi connectivity index (χ0) is 23.9. The van der Waals surface area contributed by atoms with Crippen molar-refractivity contribution in [3.05, 3.63) is 46.4 Å². The van der Waals surface area contributed by atoms with E-state index < -0.39 is 0 Å². The van der Waals surface area contributed by atoms with E-state index in [0.29, 0.717) is 66.5 Å². The molecule has 1 aromatic heterocycles. The summed E-state index contributed by atoms with van der Waals surface area (Å²) < 4.78 is 22.5. The van der Waals surface area contributed by atoms with E-state index in [9.17, 15) is 9.59 Å². The number of hydrogen-bond acceptors (Lipinski definition) is 6. The molecule has 0 fully saturated rings. The Kier molecular flexibility index (Phi) is 5.99. The van der Waals surface area contributed by atoms with Gasteiger partial charge in [0.05, 0.1) is 32.5 Å². The Hall–Kier alpha value is -3.22. The molecule has 1 aromatic carbocycles. The number of carbonyl (C=O) groups is 2. The lowest BCUT2D eigenvalue weighted by atomic mass is 9.76. The van der Waals surface area contributed by atoms with Crippen LogP contribution in [0.5, 0.6) is 17.2 Å². The standard InChI is InChI=1S/C26H31NO6/c1-15-22-18(28)13-26(2,3)14-21(22)33-24(15)25(29)27-9-7-16(8-10-27)23-19(31-5)11-17(30-4)12-20(23)32-6/h7,11-12H,8-10,13-14H2,1-6H3. The minimum atomic E-state index is -0.184. The number of furan rings is 1. The smallest absolute Gasteiger partial charge is 0.290 e. The third-order valence-corrected chi connectivity index (χ3v) is 6.50. The number of ether oxygens (including phenoxy) is 3. The highest BCUT2D eigenvalue weighted by Crippen LogP contribution is 2.42. The minimum absolute atomic E-state index is 0.0565. The number of hydrogen-bond donors (Lipinski definition) is 0. The number of ketones is 1. The van der Waals surface area contributed by atoms with Crippen LogP contribution in [0, 0.1) is 12.3 Å². The van der Waals surface area contributed by atoms with Crippen molar-refractivity contribution in [3.63, 3.8) is 0 Å². The van der Waals surface area contributed by atoms with Crippen molar-refractivity contribution < 1.29 is 28.2 Å². The van der Waals surface area contributed by atoms with Gasteiger partial charge in [0.1, 0.15) is 23.0 Å². The van der Waals surface area contributed by atoms with Crippen molar-refractivity contribution in [2.75, 3.05) is 34.4 Å². The van der Waals surface area contributed by atoms with Gasteiger partial charge in [0, 0.05) is 43.6 Å². The summed E-state index contributed by atoms with van der Waals surface area (Å²) in [5.74, 6) is 2.76. The summed E-state index contributed by atoms with van der Waals surface area (Å²) in [5, 5.41) is 0. The molecule has 1 aliphatic carbocycles. The summed E-state index contributed by atoms with van der Waals surface area (Å²) in [4.78, 5) is 27.7. The summed E-state index contributed by atoms with van der Waals surface area (Å²) in [5.41, 5.74) is 3.00. The van der Waals surface area contributed by atoms with Crippen LogP contribution in [0.25, 0.3) is 5.57 Å². The third-order valence-electron chi connectivity index (χ3n) is 6.50. The molecule has 2 aliphatic rings. The van der Waals surface area contributed by atoms with Crippen LogP contribution in [0.15, 0.2) is 22.6 Å². The monoisotopic (exact) mass is 453 g/mol. The van der Waals surface area contributed by atoms with E-state index in [-0.39, 0.29) is 22.9 Å². The molecule has 7 heteroatoms.